The first-order valence-corrected chi connectivity index (χ1v) is 9.42. The summed E-state index contributed by atoms with van der Waals surface area (Å²) in [7, 11) is 0. The van der Waals surface area contributed by atoms with Gasteiger partial charge in [0.05, 0.1) is 13.1 Å². The summed E-state index contributed by atoms with van der Waals surface area (Å²) in [5.74, 6) is 0.745. The number of rotatable bonds is 5. The number of aromatic nitrogens is 1. The van der Waals surface area contributed by atoms with Gasteiger partial charge in [-0.3, -0.25) is 9.69 Å². The van der Waals surface area contributed by atoms with Gasteiger partial charge >= 0.3 is 0 Å². The van der Waals surface area contributed by atoms with E-state index in [2.05, 4.69) is 53.5 Å². The quantitative estimate of drug-likeness (QED) is 0.748. The average molecular weight is 363 g/mol. The Balaban J connectivity index is 1.35. The lowest BCUT2D eigenvalue weighted by molar-refractivity contribution is -0.122. The maximum atomic E-state index is 12.2. The molecule has 3 aromatic rings. The summed E-state index contributed by atoms with van der Waals surface area (Å²) in [5.41, 5.74) is 2.02. The van der Waals surface area contributed by atoms with Crippen LogP contribution in [0.2, 0.25) is 0 Å². The predicted octanol–water partition coefficient (Wildman–Crippen LogP) is 3.84. The van der Waals surface area contributed by atoms with Crippen LogP contribution in [0.5, 0.6) is 0 Å². The van der Waals surface area contributed by atoms with Crippen LogP contribution in [0, 0.1) is 5.41 Å². The van der Waals surface area contributed by atoms with E-state index >= 15 is 0 Å². The molecule has 2 aromatic carbocycles. The zero-order valence-electron chi connectivity index (χ0n) is 15.9. The molecule has 0 aliphatic carbocycles. The molecule has 1 saturated heterocycles. The second kappa shape index (κ2) is 7.16. The maximum absolute atomic E-state index is 12.2. The number of likely N-dealkylation sites (tertiary alicyclic amines) is 1. The number of carbonyl (C=O) groups is 1. The lowest BCUT2D eigenvalue weighted by atomic mass is 9.93. The smallest absolute Gasteiger partial charge is 0.234 e. The van der Waals surface area contributed by atoms with E-state index in [0.29, 0.717) is 24.3 Å². The number of amides is 1. The lowest BCUT2D eigenvalue weighted by Gasteiger charge is -2.18. The van der Waals surface area contributed by atoms with Gasteiger partial charge in [-0.1, -0.05) is 55.4 Å². The molecule has 27 heavy (non-hydrogen) atoms. The van der Waals surface area contributed by atoms with Gasteiger partial charge in [0.25, 0.3) is 0 Å². The molecule has 1 fully saturated rings. The van der Waals surface area contributed by atoms with Gasteiger partial charge in [-0.15, -0.1) is 0 Å². The maximum Gasteiger partial charge on any atom is 0.234 e. The molecule has 5 nitrogen and oxygen atoms in total. The van der Waals surface area contributed by atoms with Gasteiger partial charge in [0.1, 0.15) is 5.69 Å². The van der Waals surface area contributed by atoms with E-state index in [1.165, 1.54) is 5.39 Å². The van der Waals surface area contributed by atoms with Gasteiger partial charge in [0, 0.05) is 18.2 Å². The Labute approximate surface area is 159 Å². The van der Waals surface area contributed by atoms with Gasteiger partial charge in [-0.2, -0.15) is 0 Å². The number of hydrogen-bond donors (Lipinski definition) is 1. The minimum Gasteiger partial charge on any atom is -0.356 e. The second-order valence-corrected chi connectivity index (χ2v) is 8.15. The highest BCUT2D eigenvalue weighted by molar-refractivity contribution is 5.86. The van der Waals surface area contributed by atoms with E-state index < -0.39 is 0 Å². The summed E-state index contributed by atoms with van der Waals surface area (Å²) < 4.78 is 5.48. The highest BCUT2D eigenvalue weighted by Crippen LogP contribution is 2.28. The first-order chi connectivity index (χ1) is 13.0. The summed E-state index contributed by atoms with van der Waals surface area (Å²) >= 11 is 0. The molecule has 4 rings (SSSR count). The van der Waals surface area contributed by atoms with Crippen molar-refractivity contribution in [1.82, 2.24) is 15.4 Å². The minimum absolute atomic E-state index is 0.0305. The second-order valence-electron chi connectivity index (χ2n) is 8.15. The van der Waals surface area contributed by atoms with E-state index in [1.54, 1.807) is 0 Å². The van der Waals surface area contributed by atoms with Crippen molar-refractivity contribution in [2.24, 2.45) is 5.41 Å². The van der Waals surface area contributed by atoms with Gasteiger partial charge < -0.3 is 9.84 Å². The fraction of sp³-hybridized carbons (Fsp3) is 0.364. The van der Waals surface area contributed by atoms with Crippen LogP contribution in [0.3, 0.4) is 0 Å². The average Bonchev–Trinajstić information content (AvgIpc) is 3.26. The number of hydrogen-bond acceptors (Lipinski definition) is 4. The fourth-order valence-electron chi connectivity index (χ4n) is 3.68. The molecule has 0 radical (unpaired) electrons. The molecular weight excluding hydrogens is 338 g/mol. The van der Waals surface area contributed by atoms with Crippen molar-refractivity contribution >= 4 is 16.7 Å². The minimum atomic E-state index is 0.0305. The van der Waals surface area contributed by atoms with Crippen molar-refractivity contribution in [2.75, 3.05) is 19.6 Å². The zero-order chi connectivity index (χ0) is 18.9. The molecule has 0 atom stereocenters. The van der Waals surface area contributed by atoms with Crippen molar-refractivity contribution in [3.8, 4) is 11.3 Å². The lowest BCUT2D eigenvalue weighted by Crippen LogP contribution is -2.36. The summed E-state index contributed by atoms with van der Waals surface area (Å²) in [4.78, 5) is 14.4. The first kappa shape index (κ1) is 17.7. The Kier molecular flexibility index (Phi) is 4.70. The first-order valence-electron chi connectivity index (χ1n) is 9.42. The number of benzene rings is 2. The molecule has 1 aliphatic heterocycles. The molecular formula is C22H25N3O2. The van der Waals surface area contributed by atoms with Crippen molar-refractivity contribution < 1.29 is 9.32 Å². The molecule has 1 amide bonds. The van der Waals surface area contributed by atoms with Crippen LogP contribution in [-0.2, 0) is 11.3 Å². The molecule has 1 aromatic heterocycles. The van der Waals surface area contributed by atoms with Crippen LogP contribution < -0.4 is 5.32 Å². The molecule has 1 aliphatic rings. The molecule has 140 valence electrons. The van der Waals surface area contributed by atoms with Crippen LogP contribution >= 0.6 is 0 Å². The third kappa shape index (κ3) is 4.19. The van der Waals surface area contributed by atoms with Gasteiger partial charge in [0.2, 0.25) is 5.91 Å². The van der Waals surface area contributed by atoms with E-state index in [9.17, 15) is 4.79 Å². The molecule has 0 spiro atoms. The zero-order valence-corrected chi connectivity index (χ0v) is 15.9. The highest BCUT2D eigenvalue weighted by atomic mass is 16.5. The molecule has 2 heterocycles. The van der Waals surface area contributed by atoms with Gasteiger partial charge in [-0.25, -0.2) is 0 Å². The normalized spacial score (nSPS) is 16.7. The predicted molar refractivity (Wildman–Crippen MR) is 106 cm³/mol. The van der Waals surface area contributed by atoms with Gasteiger partial charge in [0.15, 0.2) is 5.76 Å². The topological polar surface area (TPSA) is 58.4 Å². The SMILES string of the molecule is CC1(C)CCN(CC(=O)NCc2cc(-c3ccc4ccccc4c3)on2)C1. The summed E-state index contributed by atoms with van der Waals surface area (Å²) in [6, 6.07) is 16.3. The van der Waals surface area contributed by atoms with E-state index in [4.69, 9.17) is 4.52 Å². The number of nitrogens with zero attached hydrogens (tertiary/aromatic N) is 2. The van der Waals surface area contributed by atoms with Crippen molar-refractivity contribution in [3.63, 3.8) is 0 Å². The fourth-order valence-corrected chi connectivity index (χ4v) is 3.68. The van der Waals surface area contributed by atoms with Crippen molar-refractivity contribution in [2.45, 2.75) is 26.8 Å². The third-order valence-corrected chi connectivity index (χ3v) is 5.18. The van der Waals surface area contributed by atoms with Crippen LogP contribution in [0.1, 0.15) is 26.0 Å². The number of carbonyl (C=O) groups excluding carboxylic acids is 1. The molecule has 0 saturated carbocycles. The van der Waals surface area contributed by atoms with E-state index in [1.807, 2.05) is 24.3 Å². The summed E-state index contributed by atoms with van der Waals surface area (Å²) in [5, 5.41) is 9.40. The summed E-state index contributed by atoms with van der Waals surface area (Å²) in [6.07, 6.45) is 1.14. The highest BCUT2D eigenvalue weighted by Gasteiger charge is 2.29. The van der Waals surface area contributed by atoms with Crippen LogP contribution in [0.15, 0.2) is 53.1 Å². The Morgan fingerprint density at radius 2 is 2.00 bits per heavy atom. The van der Waals surface area contributed by atoms with Crippen LogP contribution in [-0.4, -0.2) is 35.6 Å². The molecule has 0 bridgehead atoms. The molecule has 0 unspecified atom stereocenters. The third-order valence-electron chi connectivity index (χ3n) is 5.18. The van der Waals surface area contributed by atoms with Crippen molar-refractivity contribution in [1.29, 1.82) is 0 Å². The Morgan fingerprint density at radius 1 is 1.19 bits per heavy atom. The van der Waals surface area contributed by atoms with Crippen LogP contribution in [0.4, 0.5) is 0 Å². The number of nitrogens with one attached hydrogen (secondary N) is 1. The van der Waals surface area contributed by atoms with Crippen LogP contribution in [0.25, 0.3) is 22.1 Å². The van der Waals surface area contributed by atoms with Gasteiger partial charge in [-0.05, 0) is 35.2 Å². The Morgan fingerprint density at radius 3 is 2.78 bits per heavy atom. The number of fused-ring (bicyclic) bond motifs is 1. The van der Waals surface area contributed by atoms with E-state index in [0.717, 1.165) is 36.2 Å². The monoisotopic (exact) mass is 363 g/mol. The van der Waals surface area contributed by atoms with Crippen molar-refractivity contribution in [3.05, 3.63) is 54.2 Å². The van der Waals surface area contributed by atoms with E-state index in [-0.39, 0.29) is 5.91 Å². The molecule has 5 heteroatoms. The Hall–Kier alpha value is -2.66. The summed E-state index contributed by atoms with van der Waals surface area (Å²) in [6.45, 7) is 7.27. The molecule has 1 N–H and O–H groups in total. The standard InChI is InChI=1S/C22H25N3O2/c1-22(2)9-10-25(15-22)14-21(26)23-13-19-12-20(27-24-19)18-8-7-16-5-3-4-6-17(16)11-18/h3-8,11-12H,9-10,13-15H2,1-2H3,(H,23,26). The largest absolute Gasteiger partial charge is 0.356 e. The Bertz CT molecular complexity index is 961.